The number of thioether (sulfide) groups is 1. The van der Waals surface area contributed by atoms with Gasteiger partial charge in [-0.15, -0.1) is 0 Å². The molecule has 1 aromatic rings. The summed E-state index contributed by atoms with van der Waals surface area (Å²) in [5.74, 6) is 1.50. The maximum Gasteiger partial charge on any atom is 0.191 e. The third kappa shape index (κ3) is 7.93. The van der Waals surface area contributed by atoms with Gasteiger partial charge in [0.2, 0.25) is 0 Å². The normalized spacial score (nSPS) is 14.4. The van der Waals surface area contributed by atoms with E-state index in [9.17, 15) is 5.11 Å². The van der Waals surface area contributed by atoms with E-state index in [1.54, 1.807) is 11.8 Å². The first kappa shape index (κ1) is 20.6. The van der Waals surface area contributed by atoms with E-state index in [2.05, 4.69) is 28.8 Å². The second kappa shape index (κ2) is 11.2. The van der Waals surface area contributed by atoms with Crippen LogP contribution in [0, 0.1) is 0 Å². The van der Waals surface area contributed by atoms with E-state index in [1.807, 2.05) is 45.0 Å². The summed E-state index contributed by atoms with van der Waals surface area (Å²) in [5.41, 5.74) is 0.828. The van der Waals surface area contributed by atoms with Crippen molar-refractivity contribution in [1.29, 1.82) is 0 Å². The molecule has 5 nitrogen and oxygen atoms in total. The minimum absolute atomic E-state index is 0.112. The Hall–Kier alpha value is -1.40. The molecule has 0 aliphatic heterocycles. The van der Waals surface area contributed by atoms with Crippen LogP contribution in [-0.2, 0) is 0 Å². The Morgan fingerprint density at radius 3 is 2.67 bits per heavy atom. The van der Waals surface area contributed by atoms with E-state index in [4.69, 9.17) is 4.74 Å². The number of nitrogens with zero attached hydrogens (tertiary/aromatic N) is 1. The lowest BCUT2D eigenvalue weighted by Crippen LogP contribution is -2.39. The quantitative estimate of drug-likeness (QED) is 0.471. The predicted molar refractivity (Wildman–Crippen MR) is 104 cm³/mol. The van der Waals surface area contributed by atoms with Crippen molar-refractivity contribution in [3.05, 3.63) is 29.8 Å². The average molecular weight is 354 g/mol. The molecule has 0 bridgehead atoms. The highest BCUT2D eigenvalue weighted by atomic mass is 32.2. The number of benzene rings is 1. The number of hydrogen-bond donors (Lipinski definition) is 3. The smallest absolute Gasteiger partial charge is 0.191 e. The summed E-state index contributed by atoms with van der Waals surface area (Å²) in [6.07, 6.45) is 1.57. The predicted octanol–water partition coefficient (Wildman–Crippen LogP) is 2.81. The van der Waals surface area contributed by atoms with E-state index >= 15 is 0 Å². The highest BCUT2D eigenvalue weighted by Gasteiger charge is 2.10. The summed E-state index contributed by atoms with van der Waals surface area (Å²) >= 11 is 1.79. The van der Waals surface area contributed by atoms with Gasteiger partial charge in [-0.05, 0) is 44.7 Å². The summed E-state index contributed by atoms with van der Waals surface area (Å²) in [5, 5.41) is 17.3. The Balaban J connectivity index is 2.63. The fraction of sp³-hybridized carbons (Fsp3) is 0.611. The molecule has 1 rings (SSSR count). The summed E-state index contributed by atoms with van der Waals surface area (Å²) < 4.78 is 5.68. The molecular formula is C18H31N3O2S. The van der Waals surface area contributed by atoms with Crippen LogP contribution >= 0.6 is 11.8 Å². The van der Waals surface area contributed by atoms with Crippen molar-refractivity contribution >= 4 is 17.7 Å². The lowest BCUT2D eigenvalue weighted by atomic mass is 10.1. The number of nitrogens with one attached hydrogen (secondary N) is 2. The van der Waals surface area contributed by atoms with Crippen molar-refractivity contribution in [2.75, 3.05) is 25.9 Å². The van der Waals surface area contributed by atoms with E-state index < -0.39 is 6.10 Å². The first-order valence-electron chi connectivity index (χ1n) is 8.45. The SMILES string of the molecule is CCNC(=NCC(C)SC)NCC(O)c1cccc(OC(C)C)c1. The van der Waals surface area contributed by atoms with Crippen LogP contribution in [-0.4, -0.2) is 48.3 Å². The summed E-state index contributed by atoms with van der Waals surface area (Å²) in [7, 11) is 0. The molecule has 2 unspecified atom stereocenters. The van der Waals surface area contributed by atoms with E-state index in [1.165, 1.54) is 0 Å². The van der Waals surface area contributed by atoms with Crippen molar-refractivity contribution in [3.8, 4) is 5.75 Å². The molecule has 0 heterocycles. The molecule has 0 amide bonds. The van der Waals surface area contributed by atoms with Crippen LogP contribution < -0.4 is 15.4 Å². The molecule has 24 heavy (non-hydrogen) atoms. The van der Waals surface area contributed by atoms with Crippen LogP contribution in [0.25, 0.3) is 0 Å². The average Bonchev–Trinajstić information content (AvgIpc) is 2.56. The molecule has 0 aromatic heterocycles. The standard InChI is InChI=1S/C18H31N3O2S/c1-6-19-18(20-11-14(4)24-5)21-12-17(22)15-8-7-9-16(10-15)23-13(2)3/h7-10,13-14,17,22H,6,11-12H2,1-5H3,(H2,19,20,21). The van der Waals surface area contributed by atoms with Crippen LogP contribution in [0.3, 0.4) is 0 Å². The van der Waals surface area contributed by atoms with Crippen molar-refractivity contribution in [3.63, 3.8) is 0 Å². The Labute approximate surface area is 150 Å². The molecule has 1 aromatic carbocycles. The monoisotopic (exact) mass is 353 g/mol. The third-order valence-corrected chi connectivity index (χ3v) is 4.28. The zero-order chi connectivity index (χ0) is 17.9. The van der Waals surface area contributed by atoms with Gasteiger partial charge in [0.1, 0.15) is 5.75 Å². The number of guanidine groups is 1. The number of ether oxygens (including phenoxy) is 1. The molecule has 0 radical (unpaired) electrons. The molecule has 136 valence electrons. The number of aliphatic hydroxyl groups excluding tert-OH is 1. The van der Waals surface area contributed by atoms with Crippen molar-refractivity contribution in [2.24, 2.45) is 4.99 Å². The van der Waals surface area contributed by atoms with Gasteiger partial charge in [-0.25, -0.2) is 0 Å². The molecule has 0 aliphatic rings. The minimum Gasteiger partial charge on any atom is -0.491 e. The first-order valence-corrected chi connectivity index (χ1v) is 9.74. The summed E-state index contributed by atoms with van der Waals surface area (Å²) in [4.78, 5) is 4.54. The molecule has 0 spiro atoms. The van der Waals surface area contributed by atoms with E-state index in [0.29, 0.717) is 11.8 Å². The Morgan fingerprint density at radius 2 is 2.04 bits per heavy atom. The minimum atomic E-state index is -0.623. The Bertz CT molecular complexity index is 509. The van der Waals surface area contributed by atoms with Crippen LogP contribution in [0.5, 0.6) is 5.75 Å². The first-order chi connectivity index (χ1) is 11.5. The summed E-state index contributed by atoms with van der Waals surface area (Å²) in [6, 6.07) is 7.58. The second-order valence-electron chi connectivity index (χ2n) is 5.90. The number of rotatable bonds is 9. The van der Waals surface area contributed by atoms with E-state index in [-0.39, 0.29) is 6.10 Å². The molecule has 3 N–H and O–H groups in total. The van der Waals surface area contributed by atoms with Gasteiger partial charge >= 0.3 is 0 Å². The Morgan fingerprint density at radius 1 is 1.29 bits per heavy atom. The maximum atomic E-state index is 10.4. The van der Waals surface area contributed by atoms with Crippen LogP contribution in [0.1, 0.15) is 39.4 Å². The number of aliphatic imine (C=N–C) groups is 1. The number of hydrogen-bond acceptors (Lipinski definition) is 4. The largest absolute Gasteiger partial charge is 0.491 e. The maximum absolute atomic E-state index is 10.4. The van der Waals surface area contributed by atoms with Crippen molar-refractivity contribution in [2.45, 2.75) is 45.2 Å². The number of aliphatic hydroxyl groups is 1. The summed E-state index contributed by atoms with van der Waals surface area (Å²) in [6.45, 7) is 10.1. The Kier molecular flexibility index (Phi) is 9.64. The second-order valence-corrected chi connectivity index (χ2v) is 7.18. The van der Waals surface area contributed by atoms with Crippen molar-refractivity contribution in [1.82, 2.24) is 10.6 Å². The van der Waals surface area contributed by atoms with Gasteiger partial charge in [-0.2, -0.15) is 11.8 Å². The molecule has 0 saturated carbocycles. The van der Waals surface area contributed by atoms with Gasteiger partial charge in [0, 0.05) is 18.3 Å². The van der Waals surface area contributed by atoms with Gasteiger partial charge in [-0.1, -0.05) is 19.1 Å². The fourth-order valence-corrected chi connectivity index (χ4v) is 2.24. The third-order valence-electron chi connectivity index (χ3n) is 3.33. The van der Waals surface area contributed by atoms with Gasteiger partial charge in [0.25, 0.3) is 0 Å². The van der Waals surface area contributed by atoms with E-state index in [0.717, 1.165) is 30.4 Å². The zero-order valence-corrected chi connectivity index (χ0v) is 16.2. The topological polar surface area (TPSA) is 65.9 Å². The molecule has 0 fully saturated rings. The van der Waals surface area contributed by atoms with Gasteiger partial charge < -0.3 is 20.5 Å². The molecule has 0 saturated heterocycles. The highest BCUT2D eigenvalue weighted by Crippen LogP contribution is 2.19. The van der Waals surface area contributed by atoms with Gasteiger partial charge in [-0.3, -0.25) is 4.99 Å². The van der Waals surface area contributed by atoms with Gasteiger partial charge in [0.15, 0.2) is 5.96 Å². The lowest BCUT2D eigenvalue weighted by Gasteiger charge is -2.17. The van der Waals surface area contributed by atoms with Crippen molar-refractivity contribution < 1.29 is 9.84 Å². The molecule has 2 atom stereocenters. The van der Waals surface area contributed by atoms with Crippen LogP contribution in [0.4, 0.5) is 0 Å². The molecule has 0 aliphatic carbocycles. The van der Waals surface area contributed by atoms with Gasteiger partial charge in [0.05, 0.1) is 18.8 Å². The van der Waals surface area contributed by atoms with Crippen LogP contribution in [0.2, 0.25) is 0 Å². The molecule has 6 heteroatoms. The molecular weight excluding hydrogens is 322 g/mol. The van der Waals surface area contributed by atoms with Crippen LogP contribution in [0.15, 0.2) is 29.3 Å². The lowest BCUT2D eigenvalue weighted by molar-refractivity contribution is 0.179. The fourth-order valence-electron chi connectivity index (χ4n) is 2.01. The zero-order valence-electron chi connectivity index (χ0n) is 15.4. The highest BCUT2D eigenvalue weighted by molar-refractivity contribution is 7.99.